The van der Waals surface area contributed by atoms with Crippen LogP contribution in [0.25, 0.3) is 33.2 Å². The number of hydrogen-bond donors (Lipinski definition) is 1. The van der Waals surface area contributed by atoms with E-state index in [0.717, 1.165) is 33.5 Å². The number of amidine groups is 1. The van der Waals surface area contributed by atoms with Crippen LogP contribution in [0.15, 0.2) is 114 Å². The summed E-state index contributed by atoms with van der Waals surface area (Å²) in [5.74, 6) is 1.29. The van der Waals surface area contributed by atoms with E-state index < -0.39 is 0 Å². The number of nitrogens with two attached hydrogens (primary N) is 1. The number of fused-ring (bicyclic) bond motifs is 2. The van der Waals surface area contributed by atoms with Crippen molar-refractivity contribution in [1.82, 2.24) is 9.55 Å². The van der Waals surface area contributed by atoms with Gasteiger partial charge in [0.25, 0.3) is 0 Å². The first-order chi connectivity index (χ1) is 18.6. The predicted octanol–water partition coefficient (Wildman–Crippen LogP) is 8.12. The molecular formula is C32H24Cl2N4. The highest BCUT2D eigenvalue weighted by Gasteiger charge is 2.16. The average molecular weight is 535 g/mol. The smallest absolute Gasteiger partial charge is 0.141 e. The van der Waals surface area contributed by atoms with Gasteiger partial charge in [-0.05, 0) is 58.3 Å². The SMILES string of the molecule is NC(=NCc1ccccc1)c1ccc2c(c1)nc(-c1ccc(Cl)c(Cl)c1)n2Cc1cccc2ccccc12. The first-order valence-corrected chi connectivity index (χ1v) is 13.1. The fraction of sp³-hybridized carbons (Fsp3) is 0.0625. The standard InChI is InChI=1S/C32H24Cl2N4/c33-27-15-13-24(17-28(27)34)32-37-29-18-23(31(35)36-19-21-7-2-1-3-8-21)14-16-30(29)38(32)20-25-11-6-10-22-9-4-5-12-26(22)25/h1-18H,19-20H2,(H2,35,36). The summed E-state index contributed by atoms with van der Waals surface area (Å²) < 4.78 is 2.22. The third-order valence-corrected chi connectivity index (χ3v) is 7.44. The first kappa shape index (κ1) is 24.2. The maximum atomic E-state index is 6.40. The minimum atomic E-state index is 0.482. The van der Waals surface area contributed by atoms with Crippen molar-refractivity contribution in [2.24, 2.45) is 10.7 Å². The summed E-state index contributed by atoms with van der Waals surface area (Å²) in [7, 11) is 0. The van der Waals surface area contributed by atoms with Crippen LogP contribution in [0.2, 0.25) is 10.0 Å². The van der Waals surface area contributed by atoms with Crippen LogP contribution in [-0.2, 0) is 13.1 Å². The van der Waals surface area contributed by atoms with Crippen molar-refractivity contribution < 1.29 is 0 Å². The van der Waals surface area contributed by atoms with Crippen molar-refractivity contribution >= 4 is 50.8 Å². The third kappa shape index (κ3) is 4.76. The van der Waals surface area contributed by atoms with E-state index in [9.17, 15) is 0 Å². The van der Waals surface area contributed by atoms with Crippen molar-refractivity contribution in [3.63, 3.8) is 0 Å². The van der Waals surface area contributed by atoms with Crippen LogP contribution in [0, 0.1) is 0 Å². The van der Waals surface area contributed by atoms with E-state index in [0.29, 0.717) is 29.0 Å². The van der Waals surface area contributed by atoms with Crippen molar-refractivity contribution in [2.45, 2.75) is 13.1 Å². The highest BCUT2D eigenvalue weighted by atomic mass is 35.5. The molecule has 1 heterocycles. The van der Waals surface area contributed by atoms with E-state index in [2.05, 4.69) is 58.1 Å². The van der Waals surface area contributed by atoms with Gasteiger partial charge in [-0.15, -0.1) is 0 Å². The van der Waals surface area contributed by atoms with Gasteiger partial charge < -0.3 is 10.3 Å². The second-order valence-corrected chi connectivity index (χ2v) is 9.99. The van der Waals surface area contributed by atoms with Gasteiger partial charge in [0.2, 0.25) is 0 Å². The van der Waals surface area contributed by atoms with E-state index in [1.54, 1.807) is 6.07 Å². The molecule has 2 N–H and O–H groups in total. The Bertz CT molecular complexity index is 1800. The zero-order valence-corrected chi connectivity index (χ0v) is 22.0. The first-order valence-electron chi connectivity index (χ1n) is 12.3. The van der Waals surface area contributed by atoms with Crippen LogP contribution < -0.4 is 5.73 Å². The molecule has 0 atom stereocenters. The van der Waals surface area contributed by atoms with Gasteiger partial charge in [0, 0.05) is 11.1 Å². The van der Waals surface area contributed by atoms with E-state index in [-0.39, 0.29) is 0 Å². The Kier molecular flexibility index (Phi) is 6.59. The number of aliphatic imine (C=N–C) groups is 1. The lowest BCUT2D eigenvalue weighted by Gasteiger charge is -2.13. The molecule has 0 aliphatic carbocycles. The van der Waals surface area contributed by atoms with Crippen LogP contribution in [0.1, 0.15) is 16.7 Å². The maximum Gasteiger partial charge on any atom is 0.141 e. The van der Waals surface area contributed by atoms with Crippen LogP contribution in [-0.4, -0.2) is 15.4 Å². The number of halogens is 2. The highest BCUT2D eigenvalue weighted by molar-refractivity contribution is 6.42. The molecule has 4 nitrogen and oxygen atoms in total. The molecule has 1 aromatic heterocycles. The van der Waals surface area contributed by atoms with E-state index in [4.69, 9.17) is 33.9 Å². The van der Waals surface area contributed by atoms with E-state index in [1.165, 1.54) is 16.3 Å². The molecule has 0 aliphatic rings. The number of aromatic nitrogens is 2. The van der Waals surface area contributed by atoms with Crippen LogP contribution in [0.3, 0.4) is 0 Å². The molecule has 0 saturated carbocycles. The summed E-state index contributed by atoms with van der Waals surface area (Å²) >= 11 is 12.6. The molecule has 0 amide bonds. The molecule has 38 heavy (non-hydrogen) atoms. The van der Waals surface area contributed by atoms with Crippen molar-refractivity contribution in [3.8, 4) is 11.4 Å². The quantitative estimate of drug-likeness (QED) is 0.173. The van der Waals surface area contributed by atoms with E-state index in [1.807, 2.05) is 54.6 Å². The fourth-order valence-electron chi connectivity index (χ4n) is 4.76. The zero-order chi connectivity index (χ0) is 26.1. The summed E-state index contributed by atoms with van der Waals surface area (Å²) in [5.41, 5.74) is 12.3. The van der Waals surface area contributed by atoms with Gasteiger partial charge in [-0.2, -0.15) is 0 Å². The number of imidazole rings is 1. The molecule has 6 heteroatoms. The largest absolute Gasteiger partial charge is 0.383 e. The Balaban J connectivity index is 1.46. The van der Waals surface area contributed by atoms with Gasteiger partial charge in [-0.3, -0.25) is 4.99 Å². The summed E-state index contributed by atoms with van der Waals surface area (Å²) in [5, 5.41) is 3.42. The van der Waals surface area contributed by atoms with Gasteiger partial charge in [0.1, 0.15) is 11.7 Å². The van der Waals surface area contributed by atoms with Gasteiger partial charge in [0.05, 0.1) is 34.2 Å². The van der Waals surface area contributed by atoms with Gasteiger partial charge in [-0.25, -0.2) is 4.98 Å². The van der Waals surface area contributed by atoms with Crippen molar-refractivity contribution in [2.75, 3.05) is 0 Å². The fourth-order valence-corrected chi connectivity index (χ4v) is 5.05. The molecule has 5 aromatic carbocycles. The molecule has 6 rings (SSSR count). The second-order valence-electron chi connectivity index (χ2n) is 9.18. The number of hydrogen-bond acceptors (Lipinski definition) is 2. The van der Waals surface area contributed by atoms with Crippen LogP contribution >= 0.6 is 23.2 Å². The van der Waals surface area contributed by atoms with Gasteiger partial charge >= 0.3 is 0 Å². The summed E-state index contributed by atoms with van der Waals surface area (Å²) in [6, 6.07) is 36.6. The molecule has 0 spiro atoms. The van der Waals surface area contributed by atoms with Crippen LogP contribution in [0.4, 0.5) is 0 Å². The molecule has 0 bridgehead atoms. The second kappa shape index (κ2) is 10.3. The zero-order valence-electron chi connectivity index (χ0n) is 20.5. The van der Waals surface area contributed by atoms with Gasteiger partial charge in [0.15, 0.2) is 0 Å². The topological polar surface area (TPSA) is 56.2 Å². The Labute approximate surface area is 231 Å². The number of benzene rings is 5. The molecule has 0 unspecified atom stereocenters. The lowest BCUT2D eigenvalue weighted by atomic mass is 10.0. The molecule has 0 radical (unpaired) electrons. The van der Waals surface area contributed by atoms with Crippen molar-refractivity contribution in [3.05, 3.63) is 136 Å². The Morgan fingerprint density at radius 1 is 0.789 bits per heavy atom. The number of rotatable bonds is 6. The number of nitrogens with zero attached hydrogens (tertiary/aromatic N) is 3. The molecular weight excluding hydrogens is 511 g/mol. The lowest BCUT2D eigenvalue weighted by molar-refractivity contribution is 0.840. The third-order valence-electron chi connectivity index (χ3n) is 6.70. The van der Waals surface area contributed by atoms with E-state index >= 15 is 0 Å². The summed E-state index contributed by atoms with van der Waals surface area (Å²) in [4.78, 5) is 9.65. The van der Waals surface area contributed by atoms with Crippen molar-refractivity contribution in [1.29, 1.82) is 0 Å². The molecule has 186 valence electrons. The summed E-state index contributed by atoms with van der Waals surface area (Å²) in [6.07, 6.45) is 0. The minimum Gasteiger partial charge on any atom is -0.383 e. The lowest BCUT2D eigenvalue weighted by Crippen LogP contribution is -2.13. The predicted molar refractivity (Wildman–Crippen MR) is 159 cm³/mol. The highest BCUT2D eigenvalue weighted by Crippen LogP contribution is 2.32. The normalized spacial score (nSPS) is 11.9. The summed E-state index contributed by atoms with van der Waals surface area (Å²) in [6.45, 7) is 1.17. The Morgan fingerprint density at radius 2 is 1.58 bits per heavy atom. The molecule has 0 fully saturated rings. The maximum absolute atomic E-state index is 6.40. The minimum absolute atomic E-state index is 0.482. The molecule has 0 saturated heterocycles. The average Bonchev–Trinajstić information content (AvgIpc) is 3.31. The van der Waals surface area contributed by atoms with Crippen LogP contribution in [0.5, 0.6) is 0 Å². The Morgan fingerprint density at radius 3 is 2.42 bits per heavy atom. The molecule has 0 aliphatic heterocycles. The van der Waals surface area contributed by atoms with Gasteiger partial charge in [-0.1, -0.05) is 96.0 Å². The Hall–Kier alpha value is -4.12. The monoisotopic (exact) mass is 534 g/mol. The molecule has 6 aromatic rings.